The van der Waals surface area contributed by atoms with E-state index in [1.54, 1.807) is 12.1 Å². The minimum atomic E-state index is -4.29. The molecule has 0 radical (unpaired) electrons. The summed E-state index contributed by atoms with van der Waals surface area (Å²) in [5.41, 5.74) is 0.497. The summed E-state index contributed by atoms with van der Waals surface area (Å²) in [7, 11) is 3.46. The minimum Gasteiger partial charge on any atom is -0.495 e. The number of anilines is 1. The standard InChI is InChI=1S/C16H24F3N3OS/c1-4-8-21(2)24-12-5-6-14(23-3)13(10-12)22-9-7-20-11-15(22)16(17,18)19/h5-6,10,15,20H,4,7-9,11H2,1-3H3. The Morgan fingerprint density at radius 3 is 2.79 bits per heavy atom. The number of ether oxygens (including phenoxy) is 1. The molecule has 1 atom stereocenters. The van der Waals surface area contributed by atoms with Crippen molar-refractivity contribution in [2.24, 2.45) is 0 Å². The topological polar surface area (TPSA) is 27.7 Å². The first-order chi connectivity index (χ1) is 11.4. The molecule has 1 aromatic carbocycles. The van der Waals surface area contributed by atoms with Crippen LogP contribution in [0.25, 0.3) is 0 Å². The van der Waals surface area contributed by atoms with Crippen molar-refractivity contribution in [2.75, 3.05) is 45.2 Å². The molecule has 1 aliphatic heterocycles. The molecular weight excluding hydrogens is 339 g/mol. The highest BCUT2D eigenvalue weighted by molar-refractivity contribution is 7.97. The van der Waals surface area contributed by atoms with Gasteiger partial charge in [0.2, 0.25) is 0 Å². The maximum atomic E-state index is 13.4. The van der Waals surface area contributed by atoms with E-state index < -0.39 is 12.2 Å². The first-order valence-electron chi connectivity index (χ1n) is 7.98. The van der Waals surface area contributed by atoms with Crippen molar-refractivity contribution >= 4 is 17.6 Å². The Balaban J connectivity index is 2.31. The number of benzene rings is 1. The van der Waals surface area contributed by atoms with E-state index in [4.69, 9.17) is 4.74 Å². The molecular formula is C16H24F3N3OS. The van der Waals surface area contributed by atoms with Crippen molar-refractivity contribution in [3.63, 3.8) is 0 Å². The quantitative estimate of drug-likeness (QED) is 0.782. The van der Waals surface area contributed by atoms with Gasteiger partial charge in [0.1, 0.15) is 11.8 Å². The van der Waals surface area contributed by atoms with Crippen LogP contribution in [0.15, 0.2) is 23.1 Å². The normalized spacial score (nSPS) is 19.0. The molecule has 1 aliphatic rings. The molecule has 0 bridgehead atoms. The van der Waals surface area contributed by atoms with E-state index in [2.05, 4.69) is 16.5 Å². The Morgan fingerprint density at radius 1 is 1.42 bits per heavy atom. The van der Waals surface area contributed by atoms with E-state index in [1.807, 2.05) is 13.1 Å². The van der Waals surface area contributed by atoms with Crippen molar-refractivity contribution in [1.82, 2.24) is 9.62 Å². The number of halogens is 3. The SMILES string of the molecule is CCCN(C)Sc1ccc(OC)c(N2CCNCC2C(F)(F)F)c1. The fraction of sp³-hybridized carbons (Fsp3) is 0.625. The molecule has 0 aromatic heterocycles. The third-order valence-electron chi connectivity index (χ3n) is 3.88. The van der Waals surface area contributed by atoms with Gasteiger partial charge in [-0.15, -0.1) is 0 Å². The third kappa shape index (κ3) is 4.70. The van der Waals surface area contributed by atoms with Crippen molar-refractivity contribution < 1.29 is 17.9 Å². The molecule has 1 aromatic rings. The van der Waals surface area contributed by atoms with Crippen LogP contribution in [0.2, 0.25) is 0 Å². The van der Waals surface area contributed by atoms with Crippen molar-refractivity contribution in [1.29, 1.82) is 0 Å². The smallest absolute Gasteiger partial charge is 0.409 e. The van der Waals surface area contributed by atoms with Gasteiger partial charge in [-0.2, -0.15) is 13.2 Å². The highest BCUT2D eigenvalue weighted by atomic mass is 32.2. The van der Waals surface area contributed by atoms with Crippen LogP contribution < -0.4 is 15.0 Å². The minimum absolute atomic E-state index is 0.111. The summed E-state index contributed by atoms with van der Waals surface area (Å²) in [6.07, 6.45) is -3.28. The van der Waals surface area contributed by atoms with Gasteiger partial charge in [-0.05, 0) is 43.6 Å². The van der Waals surface area contributed by atoms with Gasteiger partial charge in [0.05, 0.1) is 12.8 Å². The lowest BCUT2D eigenvalue weighted by atomic mass is 10.1. The van der Waals surface area contributed by atoms with Gasteiger partial charge in [-0.25, -0.2) is 4.31 Å². The zero-order valence-electron chi connectivity index (χ0n) is 14.2. The molecule has 136 valence electrons. The summed E-state index contributed by atoms with van der Waals surface area (Å²) in [4.78, 5) is 2.31. The van der Waals surface area contributed by atoms with Gasteiger partial charge < -0.3 is 15.0 Å². The van der Waals surface area contributed by atoms with Gasteiger partial charge in [-0.3, -0.25) is 0 Å². The second kappa shape index (κ2) is 8.31. The predicted octanol–water partition coefficient (Wildman–Crippen LogP) is 3.38. The van der Waals surface area contributed by atoms with Crippen LogP contribution in [0.3, 0.4) is 0 Å². The molecule has 1 saturated heterocycles. The van der Waals surface area contributed by atoms with Crippen molar-refractivity contribution in [3.05, 3.63) is 18.2 Å². The van der Waals surface area contributed by atoms with E-state index in [1.165, 1.54) is 24.0 Å². The number of hydrogen-bond donors (Lipinski definition) is 1. The highest BCUT2D eigenvalue weighted by Crippen LogP contribution is 2.38. The predicted molar refractivity (Wildman–Crippen MR) is 91.8 cm³/mol. The summed E-state index contributed by atoms with van der Waals surface area (Å²) in [6, 6.07) is 3.87. The van der Waals surface area contributed by atoms with Gasteiger partial charge in [-0.1, -0.05) is 6.92 Å². The molecule has 1 unspecified atom stereocenters. The van der Waals surface area contributed by atoms with Gasteiger partial charge >= 0.3 is 6.18 Å². The molecule has 0 aliphatic carbocycles. The van der Waals surface area contributed by atoms with Crippen LogP contribution in [-0.4, -0.2) is 56.9 Å². The van der Waals surface area contributed by atoms with Crippen molar-refractivity contribution in [3.8, 4) is 5.75 Å². The fourth-order valence-electron chi connectivity index (χ4n) is 2.78. The van der Waals surface area contributed by atoms with Gasteiger partial charge in [0.15, 0.2) is 0 Å². The summed E-state index contributed by atoms with van der Waals surface area (Å²) in [5.74, 6) is 0.466. The summed E-state index contributed by atoms with van der Waals surface area (Å²) >= 11 is 1.53. The molecule has 0 amide bonds. The van der Waals surface area contributed by atoms with E-state index in [0.717, 1.165) is 17.9 Å². The van der Waals surface area contributed by atoms with E-state index in [9.17, 15) is 13.2 Å². The number of alkyl halides is 3. The summed E-state index contributed by atoms with van der Waals surface area (Å²) in [6.45, 7) is 3.69. The molecule has 24 heavy (non-hydrogen) atoms. The second-order valence-corrected chi connectivity index (χ2v) is 7.01. The number of nitrogens with one attached hydrogen (secondary N) is 1. The number of hydrogen-bond acceptors (Lipinski definition) is 5. The van der Waals surface area contributed by atoms with Gasteiger partial charge in [0.25, 0.3) is 0 Å². The van der Waals surface area contributed by atoms with Crippen LogP contribution in [0.1, 0.15) is 13.3 Å². The lowest BCUT2D eigenvalue weighted by Crippen LogP contribution is -2.58. The highest BCUT2D eigenvalue weighted by Gasteiger charge is 2.45. The first-order valence-corrected chi connectivity index (χ1v) is 8.75. The number of nitrogens with zero attached hydrogens (tertiary/aromatic N) is 2. The van der Waals surface area contributed by atoms with Crippen LogP contribution in [0.5, 0.6) is 5.75 Å². The van der Waals surface area contributed by atoms with Crippen LogP contribution in [0, 0.1) is 0 Å². The number of piperazine rings is 1. The van der Waals surface area contributed by atoms with Gasteiger partial charge in [0, 0.05) is 31.1 Å². The zero-order valence-corrected chi connectivity index (χ0v) is 15.0. The van der Waals surface area contributed by atoms with E-state index in [-0.39, 0.29) is 6.54 Å². The van der Waals surface area contributed by atoms with Crippen LogP contribution in [-0.2, 0) is 0 Å². The molecule has 0 spiro atoms. The number of rotatable bonds is 6. The lowest BCUT2D eigenvalue weighted by Gasteiger charge is -2.39. The van der Waals surface area contributed by atoms with E-state index in [0.29, 0.717) is 24.5 Å². The molecule has 8 heteroatoms. The second-order valence-electron chi connectivity index (χ2n) is 5.73. The molecule has 2 rings (SSSR count). The maximum Gasteiger partial charge on any atom is 0.409 e. The number of methoxy groups -OCH3 is 1. The largest absolute Gasteiger partial charge is 0.495 e. The Hall–Kier alpha value is -1.12. The summed E-state index contributed by atoms with van der Waals surface area (Å²) in [5, 5.41) is 2.83. The molecule has 1 fully saturated rings. The molecule has 0 saturated carbocycles. The monoisotopic (exact) mass is 363 g/mol. The third-order valence-corrected chi connectivity index (χ3v) is 4.84. The summed E-state index contributed by atoms with van der Waals surface area (Å²) < 4.78 is 47.6. The maximum absolute atomic E-state index is 13.4. The Kier molecular flexibility index (Phi) is 6.65. The average molecular weight is 363 g/mol. The average Bonchev–Trinajstić information content (AvgIpc) is 2.54. The fourth-order valence-corrected chi connectivity index (χ4v) is 3.70. The Labute approximate surface area is 145 Å². The zero-order chi connectivity index (χ0) is 17.7. The van der Waals surface area contributed by atoms with Crippen LogP contribution >= 0.6 is 11.9 Å². The molecule has 1 N–H and O–H groups in total. The Bertz CT molecular complexity index is 542. The van der Waals surface area contributed by atoms with Crippen LogP contribution in [0.4, 0.5) is 18.9 Å². The lowest BCUT2D eigenvalue weighted by molar-refractivity contribution is -0.149. The molecule has 4 nitrogen and oxygen atoms in total. The molecule has 1 heterocycles. The first kappa shape index (κ1) is 19.2. The Morgan fingerprint density at radius 2 is 2.17 bits per heavy atom. The van der Waals surface area contributed by atoms with Crippen molar-refractivity contribution in [2.45, 2.75) is 30.5 Å². The van der Waals surface area contributed by atoms with E-state index >= 15 is 0 Å².